The van der Waals surface area contributed by atoms with Gasteiger partial charge in [-0.2, -0.15) is 0 Å². The summed E-state index contributed by atoms with van der Waals surface area (Å²) in [5, 5.41) is 3.44. The first-order valence-corrected chi connectivity index (χ1v) is 8.31. The van der Waals surface area contributed by atoms with Crippen molar-refractivity contribution in [3.63, 3.8) is 0 Å². The van der Waals surface area contributed by atoms with Crippen molar-refractivity contribution < 1.29 is 0 Å². The lowest BCUT2D eigenvalue weighted by atomic mass is 9.96. The number of rotatable bonds is 3. The predicted molar refractivity (Wildman–Crippen MR) is 95.5 cm³/mol. The molecule has 0 saturated carbocycles. The second-order valence-corrected chi connectivity index (χ2v) is 6.86. The standard InChI is InChI=1S/C19H16BrCl/c1-13-6-11-18(17-5-3-2-4-16(13)17)19(20)12-14-7-9-15(21)10-8-14/h2-11,19H,12H2,1H3. The summed E-state index contributed by atoms with van der Waals surface area (Å²) in [6.07, 6.45) is 0.949. The SMILES string of the molecule is Cc1ccc(C(Br)Cc2ccc(Cl)cc2)c2ccccc12. The van der Waals surface area contributed by atoms with E-state index in [0.29, 0.717) is 4.83 Å². The average Bonchev–Trinajstić information content (AvgIpc) is 2.50. The first-order chi connectivity index (χ1) is 10.1. The van der Waals surface area contributed by atoms with Gasteiger partial charge in [-0.1, -0.05) is 76.1 Å². The lowest BCUT2D eigenvalue weighted by molar-refractivity contribution is 0.957. The third-order valence-electron chi connectivity index (χ3n) is 3.84. The van der Waals surface area contributed by atoms with Gasteiger partial charge in [-0.15, -0.1) is 0 Å². The highest BCUT2D eigenvalue weighted by Gasteiger charge is 2.12. The Labute approximate surface area is 138 Å². The average molecular weight is 360 g/mol. The molecule has 0 radical (unpaired) electrons. The largest absolute Gasteiger partial charge is 0.0843 e. The molecule has 1 unspecified atom stereocenters. The highest BCUT2D eigenvalue weighted by atomic mass is 79.9. The Hall–Kier alpha value is -1.31. The molecule has 3 rings (SSSR count). The van der Waals surface area contributed by atoms with Crippen molar-refractivity contribution in [3.05, 3.63) is 82.4 Å². The third-order valence-corrected chi connectivity index (χ3v) is 4.91. The van der Waals surface area contributed by atoms with Crippen molar-refractivity contribution in [3.8, 4) is 0 Å². The van der Waals surface area contributed by atoms with Crippen LogP contribution in [0.1, 0.15) is 21.5 Å². The summed E-state index contributed by atoms with van der Waals surface area (Å²) in [5.41, 5.74) is 3.94. The van der Waals surface area contributed by atoms with Crippen LogP contribution < -0.4 is 0 Å². The molecule has 0 bridgehead atoms. The van der Waals surface area contributed by atoms with Crippen LogP contribution in [0.25, 0.3) is 10.8 Å². The van der Waals surface area contributed by atoms with Gasteiger partial charge in [0.1, 0.15) is 0 Å². The van der Waals surface area contributed by atoms with E-state index in [4.69, 9.17) is 11.6 Å². The van der Waals surface area contributed by atoms with Crippen LogP contribution >= 0.6 is 27.5 Å². The molecule has 0 aliphatic heterocycles. The highest BCUT2D eigenvalue weighted by molar-refractivity contribution is 9.09. The molecule has 0 aliphatic carbocycles. The fraction of sp³-hybridized carbons (Fsp3) is 0.158. The summed E-state index contributed by atoms with van der Waals surface area (Å²) in [6, 6.07) is 21.1. The molecule has 2 heteroatoms. The second-order valence-electron chi connectivity index (χ2n) is 5.32. The maximum absolute atomic E-state index is 5.95. The Morgan fingerprint density at radius 1 is 0.905 bits per heavy atom. The molecule has 0 amide bonds. The third kappa shape index (κ3) is 3.14. The van der Waals surface area contributed by atoms with E-state index in [1.54, 1.807) is 0 Å². The molecular formula is C19H16BrCl. The number of hydrogen-bond donors (Lipinski definition) is 0. The van der Waals surface area contributed by atoms with Gasteiger partial charge in [-0.25, -0.2) is 0 Å². The molecule has 0 aromatic heterocycles. The quantitative estimate of drug-likeness (QED) is 0.469. The van der Waals surface area contributed by atoms with Crippen LogP contribution in [0.4, 0.5) is 0 Å². The van der Waals surface area contributed by atoms with Crippen LogP contribution in [0, 0.1) is 6.92 Å². The van der Waals surface area contributed by atoms with Crippen molar-refractivity contribution in [2.75, 3.05) is 0 Å². The Bertz CT molecular complexity index is 762. The zero-order chi connectivity index (χ0) is 14.8. The van der Waals surface area contributed by atoms with Gasteiger partial charge >= 0.3 is 0 Å². The maximum atomic E-state index is 5.95. The molecule has 0 spiro atoms. The highest BCUT2D eigenvalue weighted by Crippen LogP contribution is 2.34. The Balaban J connectivity index is 1.96. The molecule has 0 aliphatic rings. The number of benzene rings is 3. The molecule has 0 nitrogen and oxygen atoms in total. The van der Waals surface area contributed by atoms with Gasteiger partial charge in [0.2, 0.25) is 0 Å². The van der Waals surface area contributed by atoms with E-state index in [0.717, 1.165) is 11.4 Å². The van der Waals surface area contributed by atoms with Gasteiger partial charge in [0.15, 0.2) is 0 Å². The first-order valence-electron chi connectivity index (χ1n) is 7.02. The van der Waals surface area contributed by atoms with Crippen molar-refractivity contribution in [1.82, 2.24) is 0 Å². The minimum Gasteiger partial charge on any atom is -0.0843 e. The molecule has 3 aromatic carbocycles. The second kappa shape index (κ2) is 6.21. The van der Waals surface area contributed by atoms with E-state index in [2.05, 4.69) is 71.4 Å². The fourth-order valence-corrected chi connectivity index (χ4v) is 3.58. The number of halogens is 2. The van der Waals surface area contributed by atoms with Crippen molar-refractivity contribution >= 4 is 38.3 Å². The van der Waals surface area contributed by atoms with E-state index in [1.807, 2.05) is 12.1 Å². The Kier molecular flexibility index (Phi) is 4.32. The molecule has 1 atom stereocenters. The van der Waals surface area contributed by atoms with Gasteiger partial charge < -0.3 is 0 Å². The zero-order valence-corrected chi connectivity index (χ0v) is 14.2. The summed E-state index contributed by atoms with van der Waals surface area (Å²) >= 11 is 9.80. The smallest absolute Gasteiger partial charge is 0.0441 e. The van der Waals surface area contributed by atoms with E-state index in [9.17, 15) is 0 Å². The van der Waals surface area contributed by atoms with Crippen molar-refractivity contribution in [1.29, 1.82) is 0 Å². The summed E-state index contributed by atoms with van der Waals surface area (Å²) in [6.45, 7) is 2.16. The van der Waals surface area contributed by atoms with Gasteiger partial charge in [0, 0.05) is 9.85 Å². The van der Waals surface area contributed by atoms with Crippen molar-refractivity contribution in [2.24, 2.45) is 0 Å². The van der Waals surface area contributed by atoms with E-state index in [-0.39, 0.29) is 0 Å². The van der Waals surface area contributed by atoms with Gasteiger partial charge in [-0.3, -0.25) is 0 Å². The van der Waals surface area contributed by atoms with Gasteiger partial charge in [0.25, 0.3) is 0 Å². The number of alkyl halides is 1. The first kappa shape index (κ1) is 14.6. The molecule has 0 heterocycles. The molecule has 3 aromatic rings. The topological polar surface area (TPSA) is 0 Å². The molecular weight excluding hydrogens is 344 g/mol. The monoisotopic (exact) mass is 358 g/mol. The number of aryl methyl sites for hydroxylation is 1. The van der Waals surface area contributed by atoms with Crippen LogP contribution in [0.5, 0.6) is 0 Å². The maximum Gasteiger partial charge on any atom is 0.0441 e. The van der Waals surface area contributed by atoms with Crippen LogP contribution in [0.15, 0.2) is 60.7 Å². The molecule has 0 saturated heterocycles. The van der Waals surface area contributed by atoms with E-state index >= 15 is 0 Å². The minimum atomic E-state index is 0.296. The number of hydrogen-bond acceptors (Lipinski definition) is 0. The normalized spacial score (nSPS) is 12.5. The molecule has 0 fully saturated rings. The Morgan fingerprint density at radius 3 is 2.29 bits per heavy atom. The van der Waals surface area contributed by atoms with Gasteiger partial charge in [0.05, 0.1) is 0 Å². The fourth-order valence-electron chi connectivity index (χ4n) is 2.68. The number of fused-ring (bicyclic) bond motifs is 1. The Morgan fingerprint density at radius 2 is 1.57 bits per heavy atom. The van der Waals surface area contributed by atoms with Crippen LogP contribution in [0.3, 0.4) is 0 Å². The van der Waals surface area contributed by atoms with E-state index in [1.165, 1.54) is 27.5 Å². The summed E-state index contributed by atoms with van der Waals surface area (Å²) in [5.74, 6) is 0. The minimum absolute atomic E-state index is 0.296. The van der Waals surface area contributed by atoms with Crippen LogP contribution in [-0.4, -0.2) is 0 Å². The lowest BCUT2D eigenvalue weighted by Gasteiger charge is -2.15. The zero-order valence-electron chi connectivity index (χ0n) is 11.8. The van der Waals surface area contributed by atoms with E-state index < -0.39 is 0 Å². The van der Waals surface area contributed by atoms with Gasteiger partial charge in [-0.05, 0) is 52.9 Å². The molecule has 21 heavy (non-hydrogen) atoms. The summed E-state index contributed by atoms with van der Waals surface area (Å²) in [7, 11) is 0. The summed E-state index contributed by atoms with van der Waals surface area (Å²) < 4.78 is 0. The predicted octanol–water partition coefficient (Wildman–Crippen LogP) is 6.48. The van der Waals surface area contributed by atoms with Crippen LogP contribution in [0.2, 0.25) is 5.02 Å². The molecule has 0 N–H and O–H groups in total. The van der Waals surface area contributed by atoms with Crippen molar-refractivity contribution in [2.45, 2.75) is 18.2 Å². The summed E-state index contributed by atoms with van der Waals surface area (Å²) in [4.78, 5) is 0.296. The lowest BCUT2D eigenvalue weighted by Crippen LogP contribution is -1.97. The van der Waals surface area contributed by atoms with Crippen LogP contribution in [-0.2, 0) is 6.42 Å². The molecule has 106 valence electrons.